The van der Waals surface area contributed by atoms with Crippen molar-refractivity contribution < 1.29 is 0 Å². The Morgan fingerprint density at radius 2 is 2.19 bits per heavy atom. The summed E-state index contributed by atoms with van der Waals surface area (Å²) in [6, 6.07) is 8.50. The Morgan fingerprint density at radius 1 is 1.33 bits per heavy atom. The zero-order chi connectivity index (χ0) is 14.7. The van der Waals surface area contributed by atoms with E-state index in [1.807, 2.05) is 11.6 Å². The van der Waals surface area contributed by atoms with Gasteiger partial charge < -0.3 is 9.88 Å². The Hall–Kier alpha value is -1.72. The number of rotatable bonds is 6. The molecule has 0 spiro atoms. The molecule has 1 aromatic carbocycles. The molecule has 21 heavy (non-hydrogen) atoms. The van der Waals surface area contributed by atoms with Crippen molar-refractivity contribution in [2.45, 2.75) is 25.8 Å². The molecule has 0 radical (unpaired) electrons. The summed E-state index contributed by atoms with van der Waals surface area (Å²) in [4.78, 5) is 9.24. The van der Waals surface area contributed by atoms with Gasteiger partial charge in [0.25, 0.3) is 0 Å². The van der Waals surface area contributed by atoms with E-state index in [9.17, 15) is 0 Å². The molecule has 0 aliphatic heterocycles. The summed E-state index contributed by atoms with van der Waals surface area (Å²) in [7, 11) is 2.09. The van der Waals surface area contributed by atoms with Crippen LogP contribution in [0.3, 0.4) is 0 Å². The maximum absolute atomic E-state index is 4.77. The second kappa shape index (κ2) is 6.37. The van der Waals surface area contributed by atoms with Crippen molar-refractivity contribution in [3.63, 3.8) is 0 Å². The molecule has 0 bridgehead atoms. The van der Waals surface area contributed by atoms with E-state index < -0.39 is 0 Å². The van der Waals surface area contributed by atoms with Crippen molar-refractivity contribution in [3.05, 3.63) is 46.7 Å². The summed E-state index contributed by atoms with van der Waals surface area (Å²) in [6.07, 6.45) is 1.97. The highest BCUT2D eigenvalue weighted by Gasteiger charge is 2.17. The Bertz CT molecular complexity index is 702. The number of aromatic nitrogens is 3. The van der Waals surface area contributed by atoms with Crippen LogP contribution in [0.5, 0.6) is 0 Å². The molecule has 0 fully saturated rings. The molecule has 2 heterocycles. The fourth-order valence-electron chi connectivity index (χ4n) is 2.55. The monoisotopic (exact) mass is 300 g/mol. The van der Waals surface area contributed by atoms with Crippen molar-refractivity contribution in [2.24, 2.45) is 7.05 Å². The first-order chi connectivity index (χ1) is 10.3. The number of nitrogens with one attached hydrogen (secondary N) is 1. The number of imidazole rings is 1. The Balaban J connectivity index is 1.88. The van der Waals surface area contributed by atoms with Crippen LogP contribution in [0.1, 0.15) is 30.9 Å². The Labute approximate surface area is 128 Å². The van der Waals surface area contributed by atoms with Gasteiger partial charge in [0, 0.05) is 18.8 Å². The van der Waals surface area contributed by atoms with E-state index in [0.717, 1.165) is 36.4 Å². The third-order valence-corrected chi connectivity index (χ3v) is 4.32. The van der Waals surface area contributed by atoms with E-state index in [2.05, 4.69) is 52.4 Å². The van der Waals surface area contributed by atoms with Crippen LogP contribution in [0, 0.1) is 0 Å². The molecule has 2 aromatic heterocycles. The van der Waals surface area contributed by atoms with Crippen molar-refractivity contribution in [1.82, 2.24) is 19.9 Å². The molecule has 3 aromatic rings. The summed E-state index contributed by atoms with van der Waals surface area (Å²) < 4.78 is 2.18. The van der Waals surface area contributed by atoms with Crippen molar-refractivity contribution in [2.75, 3.05) is 6.54 Å². The summed E-state index contributed by atoms with van der Waals surface area (Å²) in [5, 5.41) is 5.70. The first-order valence-electron chi connectivity index (χ1n) is 7.31. The fraction of sp³-hybridized carbons (Fsp3) is 0.375. The van der Waals surface area contributed by atoms with Crippen LogP contribution < -0.4 is 5.32 Å². The fourth-order valence-corrected chi connectivity index (χ4v) is 3.16. The molecule has 0 saturated carbocycles. The minimum absolute atomic E-state index is 0.228. The molecule has 0 saturated heterocycles. The molecule has 1 unspecified atom stereocenters. The van der Waals surface area contributed by atoms with E-state index in [4.69, 9.17) is 4.98 Å². The molecular formula is C16H20N4S. The zero-order valence-electron chi connectivity index (χ0n) is 12.4. The van der Waals surface area contributed by atoms with Gasteiger partial charge in [-0.05, 0) is 25.1 Å². The smallest absolute Gasteiger partial charge is 0.111 e. The summed E-state index contributed by atoms with van der Waals surface area (Å²) >= 11 is 1.64. The molecule has 0 aliphatic carbocycles. The maximum atomic E-state index is 4.77. The number of benzene rings is 1. The summed E-state index contributed by atoms with van der Waals surface area (Å²) in [5.74, 6) is 1.10. The lowest BCUT2D eigenvalue weighted by atomic mass is 10.1. The highest BCUT2D eigenvalue weighted by atomic mass is 32.1. The van der Waals surface area contributed by atoms with Crippen LogP contribution in [0.4, 0.5) is 0 Å². The van der Waals surface area contributed by atoms with Gasteiger partial charge in [-0.2, -0.15) is 0 Å². The molecule has 1 N–H and O–H groups in total. The van der Waals surface area contributed by atoms with Gasteiger partial charge in [-0.3, -0.25) is 0 Å². The topological polar surface area (TPSA) is 42.7 Å². The first-order valence-corrected chi connectivity index (χ1v) is 8.25. The van der Waals surface area contributed by atoms with Gasteiger partial charge in [-0.1, -0.05) is 19.1 Å². The van der Waals surface area contributed by atoms with Gasteiger partial charge in [0.05, 0.1) is 28.3 Å². The van der Waals surface area contributed by atoms with Crippen LogP contribution in [0.2, 0.25) is 0 Å². The van der Waals surface area contributed by atoms with Gasteiger partial charge in [-0.25, -0.2) is 9.97 Å². The number of nitrogens with zero attached hydrogens (tertiary/aromatic N) is 3. The zero-order valence-corrected chi connectivity index (χ0v) is 13.2. The first kappa shape index (κ1) is 14.2. The lowest BCUT2D eigenvalue weighted by Crippen LogP contribution is -2.25. The van der Waals surface area contributed by atoms with Crippen LogP contribution in [0.15, 0.2) is 35.2 Å². The predicted molar refractivity (Wildman–Crippen MR) is 87.6 cm³/mol. The molecule has 0 amide bonds. The normalized spacial score (nSPS) is 12.9. The number of thiazole rings is 1. The van der Waals surface area contributed by atoms with Crippen LogP contribution in [-0.4, -0.2) is 21.1 Å². The van der Waals surface area contributed by atoms with Crippen LogP contribution >= 0.6 is 11.3 Å². The standard InChI is InChI=1S/C16H20N4S/c1-3-8-17-13(14-10-21-11-18-14)9-16-19-12-6-4-5-7-15(12)20(16)2/h4-7,10-11,13,17H,3,8-9H2,1-2H3. The maximum Gasteiger partial charge on any atom is 0.111 e. The second-order valence-electron chi connectivity index (χ2n) is 5.20. The lowest BCUT2D eigenvalue weighted by molar-refractivity contribution is 0.504. The minimum atomic E-state index is 0.228. The Morgan fingerprint density at radius 3 is 2.90 bits per heavy atom. The van der Waals surface area contributed by atoms with Gasteiger partial charge in [0.1, 0.15) is 5.82 Å². The summed E-state index contributed by atoms with van der Waals surface area (Å²) in [6.45, 7) is 3.17. The van der Waals surface area contributed by atoms with Gasteiger partial charge in [0.15, 0.2) is 0 Å². The van der Waals surface area contributed by atoms with Gasteiger partial charge >= 0.3 is 0 Å². The molecule has 3 rings (SSSR count). The van der Waals surface area contributed by atoms with E-state index in [1.165, 1.54) is 5.52 Å². The highest BCUT2D eigenvalue weighted by Crippen LogP contribution is 2.21. The third kappa shape index (κ3) is 2.99. The number of fused-ring (bicyclic) bond motifs is 1. The minimum Gasteiger partial charge on any atom is -0.331 e. The van der Waals surface area contributed by atoms with E-state index in [1.54, 1.807) is 11.3 Å². The largest absolute Gasteiger partial charge is 0.331 e. The average molecular weight is 300 g/mol. The molecule has 4 nitrogen and oxygen atoms in total. The van der Waals surface area contributed by atoms with Crippen molar-refractivity contribution in [3.8, 4) is 0 Å². The molecule has 5 heteroatoms. The Kier molecular flexibility index (Phi) is 4.31. The number of aryl methyl sites for hydroxylation is 1. The average Bonchev–Trinajstić information content (AvgIpc) is 3.13. The van der Waals surface area contributed by atoms with E-state index in [-0.39, 0.29) is 6.04 Å². The highest BCUT2D eigenvalue weighted by molar-refractivity contribution is 7.07. The van der Waals surface area contributed by atoms with Crippen molar-refractivity contribution in [1.29, 1.82) is 0 Å². The van der Waals surface area contributed by atoms with E-state index in [0.29, 0.717) is 0 Å². The third-order valence-electron chi connectivity index (χ3n) is 3.72. The molecule has 110 valence electrons. The SMILES string of the molecule is CCCNC(Cc1nc2ccccc2n1C)c1cscn1. The van der Waals surface area contributed by atoms with Crippen LogP contribution in [0.25, 0.3) is 11.0 Å². The molecular weight excluding hydrogens is 280 g/mol. The van der Waals surface area contributed by atoms with Crippen LogP contribution in [-0.2, 0) is 13.5 Å². The van der Waals surface area contributed by atoms with Crippen molar-refractivity contribution >= 4 is 22.4 Å². The second-order valence-corrected chi connectivity index (χ2v) is 5.92. The van der Waals surface area contributed by atoms with E-state index >= 15 is 0 Å². The predicted octanol–water partition coefficient (Wildman–Crippen LogP) is 3.31. The number of hydrogen-bond donors (Lipinski definition) is 1. The van der Waals surface area contributed by atoms with Gasteiger partial charge in [-0.15, -0.1) is 11.3 Å². The molecule has 0 aliphatic rings. The quantitative estimate of drug-likeness (QED) is 0.759. The number of hydrogen-bond acceptors (Lipinski definition) is 4. The summed E-state index contributed by atoms with van der Waals surface area (Å²) in [5.41, 5.74) is 5.24. The lowest BCUT2D eigenvalue weighted by Gasteiger charge is -2.16. The molecule has 1 atom stereocenters. The number of para-hydroxylation sites is 2. The van der Waals surface area contributed by atoms with Gasteiger partial charge in [0.2, 0.25) is 0 Å².